The van der Waals surface area contributed by atoms with Crippen molar-refractivity contribution in [3.63, 3.8) is 0 Å². The number of rotatable bonds is 5. The van der Waals surface area contributed by atoms with Crippen molar-refractivity contribution in [1.29, 1.82) is 0 Å². The monoisotopic (exact) mass is 290 g/mol. The molecule has 6 heteroatoms. The highest BCUT2D eigenvalue weighted by molar-refractivity contribution is 7.99. The van der Waals surface area contributed by atoms with Gasteiger partial charge in [-0.25, -0.2) is 4.98 Å². The fraction of sp³-hybridized carbons (Fsp3) is 0.214. The Morgan fingerprint density at radius 1 is 1.35 bits per heavy atom. The molecule has 0 radical (unpaired) electrons. The summed E-state index contributed by atoms with van der Waals surface area (Å²) >= 11 is 1.14. The molecule has 0 aliphatic carbocycles. The molecule has 0 aliphatic heterocycles. The number of aromatic nitrogens is 1. The number of carbonyl (C=O) groups is 2. The lowest BCUT2D eigenvalue weighted by Crippen LogP contribution is -2.22. The molecule has 2 rings (SSSR count). The van der Waals surface area contributed by atoms with Crippen molar-refractivity contribution in [3.8, 4) is 0 Å². The van der Waals surface area contributed by atoms with E-state index < -0.39 is 5.97 Å². The number of carboxylic acids is 1. The average Bonchev–Trinajstić information content (AvgIpc) is 2.44. The number of para-hydroxylation sites is 1. The quantitative estimate of drug-likeness (QED) is 0.609. The number of pyridine rings is 1. The van der Waals surface area contributed by atoms with Gasteiger partial charge in [0.1, 0.15) is 0 Å². The van der Waals surface area contributed by atoms with Gasteiger partial charge >= 0.3 is 5.97 Å². The summed E-state index contributed by atoms with van der Waals surface area (Å²) in [4.78, 5) is 26.8. The molecule has 20 heavy (non-hydrogen) atoms. The van der Waals surface area contributed by atoms with Crippen molar-refractivity contribution in [3.05, 3.63) is 35.9 Å². The Bertz CT molecular complexity index is 657. The van der Waals surface area contributed by atoms with E-state index in [2.05, 4.69) is 4.98 Å². The number of thioether (sulfide) groups is 1. The lowest BCUT2D eigenvalue weighted by atomic mass is 10.1. The van der Waals surface area contributed by atoms with Gasteiger partial charge in [0.15, 0.2) is 0 Å². The van der Waals surface area contributed by atoms with Crippen LogP contribution in [0.2, 0.25) is 0 Å². The first-order valence-electron chi connectivity index (χ1n) is 6.01. The maximum atomic E-state index is 11.3. The second kappa shape index (κ2) is 6.38. The lowest BCUT2D eigenvalue weighted by Gasteiger charge is -2.09. The normalized spacial score (nSPS) is 10.4. The molecular weight excluding hydrogens is 278 g/mol. The SMILES string of the molecule is CCOC(=O)CSc1cc(C(=O)[O-])c2ccccc2n1. The maximum absolute atomic E-state index is 11.3. The van der Waals surface area contributed by atoms with Gasteiger partial charge in [-0.05, 0) is 19.1 Å². The van der Waals surface area contributed by atoms with E-state index in [0.29, 0.717) is 22.5 Å². The van der Waals surface area contributed by atoms with Crippen molar-refractivity contribution in [1.82, 2.24) is 4.98 Å². The van der Waals surface area contributed by atoms with Crippen molar-refractivity contribution < 1.29 is 19.4 Å². The molecule has 0 fully saturated rings. The van der Waals surface area contributed by atoms with Gasteiger partial charge in [-0.15, -0.1) is 0 Å². The van der Waals surface area contributed by atoms with Crippen molar-refractivity contribution in [2.24, 2.45) is 0 Å². The number of ether oxygens (including phenoxy) is 1. The molecule has 5 nitrogen and oxygen atoms in total. The van der Waals surface area contributed by atoms with Crippen LogP contribution in [-0.4, -0.2) is 29.3 Å². The Balaban J connectivity index is 2.30. The molecule has 1 aromatic carbocycles. The minimum absolute atomic E-state index is 0.0713. The highest BCUT2D eigenvalue weighted by Crippen LogP contribution is 2.23. The number of hydrogen-bond acceptors (Lipinski definition) is 6. The van der Waals surface area contributed by atoms with Gasteiger partial charge in [-0.2, -0.15) is 0 Å². The molecule has 1 aromatic heterocycles. The van der Waals surface area contributed by atoms with Crippen LogP contribution in [0, 0.1) is 0 Å². The third-order valence-corrected chi connectivity index (χ3v) is 3.44. The van der Waals surface area contributed by atoms with Crippen LogP contribution in [0.1, 0.15) is 17.3 Å². The highest BCUT2D eigenvalue weighted by Gasteiger charge is 2.09. The Morgan fingerprint density at radius 2 is 2.10 bits per heavy atom. The zero-order valence-corrected chi connectivity index (χ0v) is 11.6. The summed E-state index contributed by atoms with van der Waals surface area (Å²) in [5.41, 5.74) is 0.627. The third-order valence-electron chi connectivity index (χ3n) is 2.56. The van der Waals surface area contributed by atoms with E-state index in [1.807, 2.05) is 0 Å². The molecular formula is C14H12NO4S-. The smallest absolute Gasteiger partial charge is 0.316 e. The van der Waals surface area contributed by atoms with Gasteiger partial charge in [0.25, 0.3) is 0 Å². The molecule has 0 spiro atoms. The van der Waals surface area contributed by atoms with Gasteiger partial charge in [-0.3, -0.25) is 4.79 Å². The fourth-order valence-electron chi connectivity index (χ4n) is 1.73. The van der Waals surface area contributed by atoms with Gasteiger partial charge in [-0.1, -0.05) is 30.0 Å². The lowest BCUT2D eigenvalue weighted by molar-refractivity contribution is -0.254. The molecule has 0 saturated heterocycles. The Kier molecular flexibility index (Phi) is 4.57. The number of carbonyl (C=O) groups excluding carboxylic acids is 2. The van der Waals surface area contributed by atoms with Gasteiger partial charge in [0, 0.05) is 10.9 Å². The first-order valence-corrected chi connectivity index (χ1v) is 7.00. The number of esters is 1. The van der Waals surface area contributed by atoms with Crippen LogP contribution >= 0.6 is 11.8 Å². The number of fused-ring (bicyclic) bond motifs is 1. The number of carboxylic acid groups (broad SMARTS) is 1. The Labute approximate surface area is 120 Å². The molecule has 0 aliphatic rings. The van der Waals surface area contributed by atoms with E-state index in [4.69, 9.17) is 4.74 Å². The van der Waals surface area contributed by atoms with Gasteiger partial charge in [0.2, 0.25) is 0 Å². The van der Waals surface area contributed by atoms with Crippen LogP contribution < -0.4 is 5.11 Å². The first-order chi connectivity index (χ1) is 9.61. The van der Waals surface area contributed by atoms with Crippen LogP contribution in [0.15, 0.2) is 35.4 Å². The van der Waals surface area contributed by atoms with Crippen LogP contribution in [0.5, 0.6) is 0 Å². The van der Waals surface area contributed by atoms with E-state index in [1.54, 1.807) is 31.2 Å². The molecule has 1 heterocycles. The molecule has 0 amide bonds. The van der Waals surface area contributed by atoms with Gasteiger partial charge in [0.05, 0.1) is 28.9 Å². The molecule has 0 atom stereocenters. The minimum atomic E-state index is -1.26. The first kappa shape index (κ1) is 14.3. The third kappa shape index (κ3) is 3.27. The van der Waals surface area contributed by atoms with E-state index in [0.717, 1.165) is 11.8 Å². The molecule has 104 valence electrons. The van der Waals surface area contributed by atoms with E-state index in [1.165, 1.54) is 6.07 Å². The number of benzene rings is 1. The predicted octanol–water partition coefficient (Wildman–Crippen LogP) is 1.25. The zero-order valence-electron chi connectivity index (χ0n) is 10.8. The topological polar surface area (TPSA) is 79.3 Å². The summed E-state index contributed by atoms with van der Waals surface area (Å²) in [5, 5.41) is 12.1. The Hall–Kier alpha value is -2.08. The van der Waals surface area contributed by atoms with Crippen molar-refractivity contribution >= 4 is 34.6 Å². The summed E-state index contributed by atoms with van der Waals surface area (Å²) in [6.07, 6.45) is 0. The van der Waals surface area contributed by atoms with E-state index in [9.17, 15) is 14.7 Å². The number of aromatic carboxylic acids is 1. The molecule has 0 N–H and O–H groups in total. The van der Waals surface area contributed by atoms with E-state index in [-0.39, 0.29) is 17.3 Å². The minimum Gasteiger partial charge on any atom is -0.545 e. The highest BCUT2D eigenvalue weighted by atomic mass is 32.2. The average molecular weight is 290 g/mol. The van der Waals surface area contributed by atoms with Gasteiger partial charge < -0.3 is 14.6 Å². The van der Waals surface area contributed by atoms with Crippen LogP contribution in [0.3, 0.4) is 0 Å². The largest absolute Gasteiger partial charge is 0.545 e. The zero-order chi connectivity index (χ0) is 14.5. The summed E-state index contributed by atoms with van der Waals surface area (Å²) in [6.45, 7) is 2.04. The number of nitrogens with zero attached hydrogens (tertiary/aromatic N) is 1. The van der Waals surface area contributed by atoms with Crippen molar-refractivity contribution in [2.45, 2.75) is 11.9 Å². The molecule has 0 unspecified atom stereocenters. The van der Waals surface area contributed by atoms with Crippen molar-refractivity contribution in [2.75, 3.05) is 12.4 Å². The summed E-state index contributed by atoms with van der Waals surface area (Å²) in [7, 11) is 0. The Morgan fingerprint density at radius 3 is 2.80 bits per heavy atom. The summed E-state index contributed by atoms with van der Waals surface area (Å²) in [5.74, 6) is -1.53. The number of hydrogen-bond donors (Lipinski definition) is 0. The van der Waals surface area contributed by atoms with E-state index >= 15 is 0 Å². The predicted molar refractivity (Wildman–Crippen MR) is 73.4 cm³/mol. The summed E-state index contributed by atoms with van der Waals surface area (Å²) < 4.78 is 4.81. The standard InChI is InChI=1S/C14H13NO4S/c1-2-19-13(16)8-20-12-7-10(14(17)18)9-5-3-4-6-11(9)15-12/h3-7H,2,8H2,1H3,(H,17,18)/p-1. The summed E-state index contributed by atoms with van der Waals surface area (Å²) in [6, 6.07) is 8.32. The fourth-order valence-corrected chi connectivity index (χ4v) is 2.44. The molecule has 0 bridgehead atoms. The van der Waals surface area contributed by atoms with Crippen LogP contribution in [0.25, 0.3) is 10.9 Å². The maximum Gasteiger partial charge on any atom is 0.316 e. The van der Waals surface area contributed by atoms with Crippen LogP contribution in [0.4, 0.5) is 0 Å². The second-order valence-electron chi connectivity index (χ2n) is 3.91. The molecule has 2 aromatic rings. The second-order valence-corrected chi connectivity index (χ2v) is 4.90. The molecule has 0 saturated carbocycles. The van der Waals surface area contributed by atoms with Crippen LogP contribution in [-0.2, 0) is 9.53 Å².